The third-order valence-electron chi connectivity index (χ3n) is 5.08. The number of carbonyl (C=O) groups is 2. The molecule has 6 nitrogen and oxygen atoms in total. The van der Waals surface area contributed by atoms with Gasteiger partial charge in [0.2, 0.25) is 0 Å². The van der Waals surface area contributed by atoms with Gasteiger partial charge < -0.3 is 15.0 Å². The van der Waals surface area contributed by atoms with Crippen LogP contribution in [0.5, 0.6) is 0 Å². The fourth-order valence-electron chi connectivity index (χ4n) is 3.43. The van der Waals surface area contributed by atoms with Gasteiger partial charge in [0.15, 0.2) is 0 Å². The summed E-state index contributed by atoms with van der Waals surface area (Å²) in [6.07, 6.45) is 0.909. The predicted octanol–water partition coefficient (Wildman–Crippen LogP) is 6.28. The van der Waals surface area contributed by atoms with Gasteiger partial charge in [-0.15, -0.1) is 0 Å². The molecule has 0 saturated heterocycles. The van der Waals surface area contributed by atoms with E-state index < -0.39 is 0 Å². The topological polar surface area (TPSA) is 84.1 Å². The Kier molecular flexibility index (Phi) is 6.96. The number of H-pyrrole nitrogens is 1. The molecule has 0 atom stereocenters. The lowest BCUT2D eigenvalue weighted by molar-refractivity contribution is -0.143. The highest BCUT2D eigenvalue weighted by Gasteiger charge is 2.14. The van der Waals surface area contributed by atoms with Crippen molar-refractivity contribution in [2.45, 2.75) is 19.8 Å². The quantitative estimate of drug-likeness (QED) is 0.304. The summed E-state index contributed by atoms with van der Waals surface area (Å²) in [6.45, 7) is 2.16. The fraction of sp³-hybridized carbons (Fsp3) is 0.160. The molecular weight excluding hydrogens is 461 g/mol. The molecule has 4 rings (SSSR count). The Labute approximate surface area is 200 Å². The van der Waals surface area contributed by atoms with E-state index in [0.29, 0.717) is 63.2 Å². The number of anilines is 1. The van der Waals surface area contributed by atoms with Crippen LogP contribution in [-0.2, 0) is 16.0 Å². The summed E-state index contributed by atoms with van der Waals surface area (Å²) in [5.41, 5.74) is 4.14. The Hall–Kier alpha value is -3.35. The molecule has 4 aromatic rings. The number of aromatic nitrogens is 2. The summed E-state index contributed by atoms with van der Waals surface area (Å²) in [4.78, 5) is 32.0. The maximum atomic E-state index is 12.8. The van der Waals surface area contributed by atoms with E-state index in [9.17, 15) is 9.59 Å². The monoisotopic (exact) mass is 481 g/mol. The smallest absolute Gasteiger partial charge is 0.306 e. The van der Waals surface area contributed by atoms with Crippen molar-refractivity contribution in [1.82, 2.24) is 9.97 Å². The first-order valence-electron chi connectivity index (χ1n) is 10.4. The van der Waals surface area contributed by atoms with Gasteiger partial charge in [0.25, 0.3) is 5.91 Å². The molecule has 0 aliphatic heterocycles. The summed E-state index contributed by atoms with van der Waals surface area (Å²) in [6, 6.07) is 17.9. The van der Waals surface area contributed by atoms with Gasteiger partial charge in [-0.05, 0) is 61.4 Å². The SMILES string of the molecule is CCOC(=O)CCc1ccc(NC(=O)c2ccc3nc(-c4c(Cl)cccc4Cl)[nH]c3c2)cc1. The first-order chi connectivity index (χ1) is 15.9. The number of nitrogens with zero attached hydrogens (tertiary/aromatic N) is 1. The Bertz CT molecular complexity index is 1300. The van der Waals surface area contributed by atoms with Crippen LogP contribution in [0.15, 0.2) is 60.7 Å². The molecule has 0 unspecified atom stereocenters. The molecule has 168 valence electrons. The second-order valence-electron chi connectivity index (χ2n) is 7.37. The van der Waals surface area contributed by atoms with Crippen molar-refractivity contribution in [2.24, 2.45) is 0 Å². The van der Waals surface area contributed by atoms with E-state index in [1.807, 2.05) is 24.3 Å². The maximum absolute atomic E-state index is 12.8. The van der Waals surface area contributed by atoms with Crippen LogP contribution in [0, 0.1) is 0 Å². The predicted molar refractivity (Wildman–Crippen MR) is 131 cm³/mol. The fourth-order valence-corrected chi connectivity index (χ4v) is 4.01. The zero-order valence-corrected chi connectivity index (χ0v) is 19.3. The summed E-state index contributed by atoms with van der Waals surface area (Å²) >= 11 is 12.6. The molecule has 0 saturated carbocycles. The van der Waals surface area contributed by atoms with Crippen LogP contribution in [0.2, 0.25) is 10.0 Å². The lowest BCUT2D eigenvalue weighted by atomic mass is 10.1. The molecule has 0 fully saturated rings. The summed E-state index contributed by atoms with van der Waals surface area (Å²) in [5.74, 6) is 0.0729. The van der Waals surface area contributed by atoms with Crippen molar-refractivity contribution in [3.8, 4) is 11.4 Å². The van der Waals surface area contributed by atoms with Crippen molar-refractivity contribution in [1.29, 1.82) is 0 Å². The normalized spacial score (nSPS) is 10.9. The van der Waals surface area contributed by atoms with Crippen molar-refractivity contribution < 1.29 is 14.3 Å². The van der Waals surface area contributed by atoms with Crippen LogP contribution in [0.25, 0.3) is 22.4 Å². The molecule has 1 aromatic heterocycles. The highest BCUT2D eigenvalue weighted by Crippen LogP contribution is 2.34. The Balaban J connectivity index is 1.47. The first-order valence-corrected chi connectivity index (χ1v) is 11.2. The van der Waals surface area contributed by atoms with E-state index in [2.05, 4.69) is 15.3 Å². The van der Waals surface area contributed by atoms with Gasteiger partial charge in [-0.2, -0.15) is 0 Å². The number of ether oxygens (including phenoxy) is 1. The number of aromatic amines is 1. The van der Waals surface area contributed by atoms with E-state index in [1.54, 1.807) is 43.3 Å². The van der Waals surface area contributed by atoms with Crippen LogP contribution < -0.4 is 5.32 Å². The lowest BCUT2D eigenvalue weighted by Gasteiger charge is -2.07. The molecule has 0 spiro atoms. The zero-order valence-electron chi connectivity index (χ0n) is 17.8. The van der Waals surface area contributed by atoms with E-state index in [-0.39, 0.29) is 11.9 Å². The summed E-state index contributed by atoms with van der Waals surface area (Å²) in [5, 5.41) is 3.87. The van der Waals surface area contributed by atoms with Gasteiger partial charge in [0.05, 0.1) is 33.2 Å². The summed E-state index contributed by atoms with van der Waals surface area (Å²) < 4.78 is 4.94. The Morgan fingerprint density at radius 1 is 1.03 bits per heavy atom. The van der Waals surface area contributed by atoms with Gasteiger partial charge in [0, 0.05) is 17.7 Å². The molecule has 0 aliphatic carbocycles. The van der Waals surface area contributed by atoms with Crippen molar-refractivity contribution in [3.63, 3.8) is 0 Å². The number of fused-ring (bicyclic) bond motifs is 1. The summed E-state index contributed by atoms with van der Waals surface area (Å²) in [7, 11) is 0. The number of hydrogen-bond acceptors (Lipinski definition) is 4. The van der Waals surface area contributed by atoms with E-state index in [4.69, 9.17) is 27.9 Å². The lowest BCUT2D eigenvalue weighted by Crippen LogP contribution is -2.11. The number of benzene rings is 3. The molecular formula is C25H21Cl2N3O3. The molecule has 0 radical (unpaired) electrons. The van der Waals surface area contributed by atoms with Gasteiger partial charge >= 0.3 is 5.97 Å². The number of amides is 1. The minimum Gasteiger partial charge on any atom is -0.466 e. The average molecular weight is 482 g/mol. The van der Waals surface area contributed by atoms with E-state index in [0.717, 1.165) is 5.56 Å². The number of halogens is 2. The van der Waals surface area contributed by atoms with Crippen molar-refractivity contribution in [3.05, 3.63) is 81.8 Å². The van der Waals surface area contributed by atoms with Crippen LogP contribution in [-0.4, -0.2) is 28.5 Å². The number of nitrogens with one attached hydrogen (secondary N) is 2. The second kappa shape index (κ2) is 10.1. The molecule has 0 aliphatic rings. The standard InChI is InChI=1S/C25H21Cl2N3O3/c1-2-33-22(31)13-8-15-6-10-17(11-7-15)28-25(32)16-9-12-20-21(14-16)30-24(29-20)23-18(26)4-3-5-19(23)27/h3-7,9-12,14H,2,8,13H2,1H3,(H,28,32)(H,29,30). The third kappa shape index (κ3) is 5.35. The zero-order chi connectivity index (χ0) is 23.4. The molecule has 33 heavy (non-hydrogen) atoms. The molecule has 1 heterocycles. The molecule has 1 amide bonds. The molecule has 0 bridgehead atoms. The number of carbonyl (C=O) groups excluding carboxylic acids is 2. The number of rotatable bonds is 7. The van der Waals surface area contributed by atoms with Crippen LogP contribution >= 0.6 is 23.2 Å². The second-order valence-corrected chi connectivity index (χ2v) is 8.18. The Morgan fingerprint density at radius 2 is 1.76 bits per heavy atom. The van der Waals surface area contributed by atoms with Gasteiger partial charge in [-0.25, -0.2) is 4.98 Å². The third-order valence-corrected chi connectivity index (χ3v) is 5.71. The van der Waals surface area contributed by atoms with Crippen LogP contribution in [0.3, 0.4) is 0 Å². The van der Waals surface area contributed by atoms with Crippen LogP contribution in [0.1, 0.15) is 29.3 Å². The first kappa shape index (κ1) is 22.8. The van der Waals surface area contributed by atoms with Crippen molar-refractivity contribution >= 4 is 51.8 Å². The minimum absolute atomic E-state index is 0.218. The van der Waals surface area contributed by atoms with E-state index in [1.165, 1.54) is 0 Å². The Morgan fingerprint density at radius 3 is 2.45 bits per heavy atom. The number of esters is 1. The molecule has 8 heteroatoms. The highest BCUT2D eigenvalue weighted by molar-refractivity contribution is 6.39. The number of imidazole rings is 1. The number of hydrogen-bond donors (Lipinski definition) is 2. The average Bonchev–Trinajstić information content (AvgIpc) is 3.21. The van der Waals surface area contributed by atoms with Crippen LogP contribution in [0.4, 0.5) is 5.69 Å². The molecule has 2 N–H and O–H groups in total. The minimum atomic E-state index is -0.247. The number of aryl methyl sites for hydroxylation is 1. The van der Waals surface area contributed by atoms with Crippen molar-refractivity contribution in [2.75, 3.05) is 11.9 Å². The van der Waals surface area contributed by atoms with Gasteiger partial charge in [-0.1, -0.05) is 41.4 Å². The van der Waals surface area contributed by atoms with Gasteiger partial charge in [0.1, 0.15) is 5.82 Å². The van der Waals surface area contributed by atoms with Gasteiger partial charge in [-0.3, -0.25) is 9.59 Å². The highest BCUT2D eigenvalue weighted by atomic mass is 35.5. The maximum Gasteiger partial charge on any atom is 0.306 e. The van der Waals surface area contributed by atoms with E-state index >= 15 is 0 Å². The largest absolute Gasteiger partial charge is 0.466 e. The molecule has 3 aromatic carbocycles.